The number of halogens is 1. The highest BCUT2D eigenvalue weighted by atomic mass is 35.5. The van der Waals surface area contributed by atoms with Crippen molar-refractivity contribution in [3.05, 3.63) is 41.4 Å². The Morgan fingerprint density at radius 2 is 2.21 bits per heavy atom. The number of fused-ring (bicyclic) bond motifs is 1. The number of pyridine rings is 1. The summed E-state index contributed by atoms with van der Waals surface area (Å²) in [4.78, 5) is 25.9. The first-order valence-corrected chi connectivity index (χ1v) is 9.78. The minimum absolute atomic E-state index is 0.0911. The van der Waals surface area contributed by atoms with Gasteiger partial charge in [0, 0.05) is 31.5 Å². The zero-order valence-corrected chi connectivity index (χ0v) is 17.1. The van der Waals surface area contributed by atoms with Crippen molar-refractivity contribution >= 4 is 40.3 Å². The standard InChI is InChI=1S/C19H23ClN8O/c1-26(2)13-4-3-7-27(11-13)15-5-6-22-9-14(15)24-19(29)16-17(21)25-28-10-12(20)8-23-18(16)28/h5-6,8-10,13H,3-4,7,11H2,1-2H3,(H2,21,25)(H,24,29). The Labute approximate surface area is 173 Å². The number of carbonyl (C=O) groups excluding carboxylic acids is 1. The number of rotatable bonds is 4. The van der Waals surface area contributed by atoms with Gasteiger partial charge in [-0.1, -0.05) is 11.6 Å². The lowest BCUT2D eigenvalue weighted by Gasteiger charge is -2.38. The molecular weight excluding hydrogens is 392 g/mol. The monoisotopic (exact) mass is 414 g/mol. The van der Waals surface area contributed by atoms with Gasteiger partial charge in [-0.05, 0) is 33.0 Å². The van der Waals surface area contributed by atoms with Crippen molar-refractivity contribution < 1.29 is 4.79 Å². The van der Waals surface area contributed by atoms with Gasteiger partial charge in [0.2, 0.25) is 0 Å². The Hall–Kier alpha value is -2.91. The molecule has 1 aliphatic heterocycles. The molecule has 0 aliphatic carbocycles. The smallest absolute Gasteiger partial charge is 0.263 e. The lowest BCUT2D eigenvalue weighted by atomic mass is 10.0. The van der Waals surface area contributed by atoms with Crippen LogP contribution in [0.15, 0.2) is 30.9 Å². The number of piperidine rings is 1. The molecule has 9 nitrogen and oxygen atoms in total. The van der Waals surface area contributed by atoms with Crippen LogP contribution in [0.25, 0.3) is 5.65 Å². The average molecular weight is 415 g/mol. The second-order valence-corrected chi connectivity index (χ2v) is 7.79. The van der Waals surface area contributed by atoms with Gasteiger partial charge in [-0.25, -0.2) is 9.50 Å². The van der Waals surface area contributed by atoms with Crippen LogP contribution in [-0.2, 0) is 0 Å². The van der Waals surface area contributed by atoms with E-state index in [0.29, 0.717) is 22.4 Å². The molecule has 1 atom stereocenters. The number of aromatic nitrogens is 4. The molecule has 10 heteroatoms. The number of likely N-dealkylation sites (N-methyl/N-ethyl adjacent to an activating group) is 1. The van der Waals surface area contributed by atoms with Crippen LogP contribution in [0.1, 0.15) is 23.2 Å². The van der Waals surface area contributed by atoms with E-state index in [1.54, 1.807) is 18.6 Å². The summed E-state index contributed by atoms with van der Waals surface area (Å²) in [5, 5.41) is 7.48. The number of hydrogen-bond acceptors (Lipinski definition) is 7. The predicted molar refractivity (Wildman–Crippen MR) is 114 cm³/mol. The van der Waals surface area contributed by atoms with Crippen molar-refractivity contribution in [2.75, 3.05) is 43.1 Å². The van der Waals surface area contributed by atoms with E-state index >= 15 is 0 Å². The van der Waals surface area contributed by atoms with Crippen molar-refractivity contribution in [2.24, 2.45) is 0 Å². The Morgan fingerprint density at radius 3 is 3.00 bits per heavy atom. The largest absolute Gasteiger partial charge is 0.381 e. The van der Waals surface area contributed by atoms with Crippen molar-refractivity contribution in [3.63, 3.8) is 0 Å². The van der Waals surface area contributed by atoms with Gasteiger partial charge in [0.25, 0.3) is 5.91 Å². The summed E-state index contributed by atoms with van der Waals surface area (Å²) in [5.74, 6) is -0.295. The molecular formula is C19H23ClN8O. The number of hydrogen-bond donors (Lipinski definition) is 2. The van der Waals surface area contributed by atoms with Crippen LogP contribution in [0.5, 0.6) is 0 Å². The summed E-state index contributed by atoms with van der Waals surface area (Å²) in [5.41, 5.74) is 8.11. The summed E-state index contributed by atoms with van der Waals surface area (Å²) in [7, 11) is 4.19. The second kappa shape index (κ2) is 7.84. The topological polar surface area (TPSA) is 105 Å². The van der Waals surface area contributed by atoms with Crippen molar-refractivity contribution in [2.45, 2.75) is 18.9 Å². The van der Waals surface area contributed by atoms with E-state index in [2.05, 4.69) is 44.3 Å². The molecule has 1 saturated heterocycles. The van der Waals surface area contributed by atoms with Gasteiger partial charge in [-0.15, -0.1) is 5.10 Å². The van der Waals surface area contributed by atoms with Crippen LogP contribution in [0, 0.1) is 0 Å². The van der Waals surface area contributed by atoms with Gasteiger partial charge in [0.15, 0.2) is 11.5 Å². The molecule has 3 aromatic heterocycles. The minimum Gasteiger partial charge on any atom is -0.381 e. The molecule has 1 amide bonds. The number of nitrogens with one attached hydrogen (secondary N) is 1. The fourth-order valence-corrected chi connectivity index (χ4v) is 3.83. The molecule has 0 saturated carbocycles. The van der Waals surface area contributed by atoms with E-state index in [0.717, 1.165) is 31.6 Å². The Balaban J connectivity index is 1.63. The van der Waals surface area contributed by atoms with Gasteiger partial charge in [0.1, 0.15) is 5.56 Å². The van der Waals surface area contributed by atoms with Crippen LogP contribution >= 0.6 is 11.6 Å². The average Bonchev–Trinajstić information content (AvgIpc) is 3.03. The molecule has 0 spiro atoms. The predicted octanol–water partition coefficient (Wildman–Crippen LogP) is 2.14. The van der Waals surface area contributed by atoms with E-state index in [1.807, 2.05) is 6.07 Å². The highest BCUT2D eigenvalue weighted by Gasteiger charge is 2.25. The van der Waals surface area contributed by atoms with Crippen molar-refractivity contribution in [1.82, 2.24) is 24.5 Å². The van der Waals surface area contributed by atoms with Gasteiger partial charge in [0.05, 0.1) is 28.8 Å². The zero-order chi connectivity index (χ0) is 20.5. The summed E-state index contributed by atoms with van der Waals surface area (Å²) in [6.45, 7) is 1.81. The third-order valence-electron chi connectivity index (χ3n) is 5.21. The molecule has 4 heterocycles. The molecule has 1 fully saturated rings. The summed E-state index contributed by atoms with van der Waals surface area (Å²) in [6, 6.07) is 2.38. The van der Waals surface area contributed by atoms with Crippen LogP contribution in [0.2, 0.25) is 5.02 Å². The van der Waals surface area contributed by atoms with E-state index in [-0.39, 0.29) is 17.3 Å². The summed E-state index contributed by atoms with van der Waals surface area (Å²) in [6.07, 6.45) is 8.64. The summed E-state index contributed by atoms with van der Waals surface area (Å²) < 4.78 is 1.41. The first-order valence-electron chi connectivity index (χ1n) is 9.40. The third kappa shape index (κ3) is 3.83. The maximum atomic E-state index is 13.0. The fraction of sp³-hybridized carbons (Fsp3) is 0.368. The van der Waals surface area contributed by atoms with Gasteiger partial charge < -0.3 is 20.9 Å². The Kier molecular flexibility index (Phi) is 5.25. The highest BCUT2D eigenvalue weighted by molar-refractivity contribution is 6.30. The third-order valence-corrected chi connectivity index (χ3v) is 5.40. The molecule has 0 radical (unpaired) electrons. The quantitative estimate of drug-likeness (QED) is 0.673. The number of amides is 1. The van der Waals surface area contributed by atoms with Crippen LogP contribution in [-0.4, -0.2) is 63.6 Å². The number of nitrogen functional groups attached to an aromatic ring is 1. The first-order chi connectivity index (χ1) is 13.9. The van der Waals surface area contributed by atoms with E-state index < -0.39 is 0 Å². The number of nitrogens with zero attached hydrogens (tertiary/aromatic N) is 6. The zero-order valence-electron chi connectivity index (χ0n) is 16.3. The molecule has 0 bridgehead atoms. The molecule has 0 aromatic carbocycles. The van der Waals surface area contributed by atoms with Crippen molar-refractivity contribution in [3.8, 4) is 0 Å². The molecule has 3 aromatic rings. The molecule has 1 aliphatic rings. The second-order valence-electron chi connectivity index (χ2n) is 7.35. The molecule has 4 rings (SSSR count). The number of carbonyl (C=O) groups is 1. The van der Waals surface area contributed by atoms with Gasteiger partial charge in [-0.3, -0.25) is 9.78 Å². The maximum Gasteiger partial charge on any atom is 0.263 e. The van der Waals surface area contributed by atoms with Gasteiger partial charge >= 0.3 is 0 Å². The molecule has 1 unspecified atom stereocenters. The molecule has 3 N–H and O–H groups in total. The van der Waals surface area contributed by atoms with Crippen LogP contribution < -0.4 is 16.0 Å². The SMILES string of the molecule is CN(C)C1CCCN(c2ccncc2NC(=O)c2c(N)nn3cc(Cl)cnc23)C1. The fourth-order valence-electron chi connectivity index (χ4n) is 3.69. The van der Waals surface area contributed by atoms with E-state index in [9.17, 15) is 4.79 Å². The van der Waals surface area contributed by atoms with E-state index in [1.165, 1.54) is 10.7 Å². The highest BCUT2D eigenvalue weighted by Crippen LogP contribution is 2.29. The Bertz CT molecular complexity index is 1050. The van der Waals surface area contributed by atoms with E-state index in [4.69, 9.17) is 17.3 Å². The lowest BCUT2D eigenvalue weighted by Crippen LogP contribution is -2.45. The molecule has 152 valence electrons. The van der Waals surface area contributed by atoms with Crippen LogP contribution in [0.3, 0.4) is 0 Å². The van der Waals surface area contributed by atoms with Crippen molar-refractivity contribution in [1.29, 1.82) is 0 Å². The number of anilines is 3. The first kappa shape index (κ1) is 19.4. The van der Waals surface area contributed by atoms with Crippen LogP contribution in [0.4, 0.5) is 17.2 Å². The normalized spacial score (nSPS) is 17.1. The summed E-state index contributed by atoms with van der Waals surface area (Å²) >= 11 is 5.95. The molecule has 29 heavy (non-hydrogen) atoms. The minimum atomic E-state index is -0.386. The Morgan fingerprint density at radius 1 is 1.38 bits per heavy atom. The number of nitrogens with two attached hydrogens (primary N) is 1. The lowest BCUT2D eigenvalue weighted by molar-refractivity contribution is 0.102. The maximum absolute atomic E-state index is 13.0. The van der Waals surface area contributed by atoms with Gasteiger partial charge in [-0.2, -0.15) is 0 Å².